The number of guanidine groups is 1. The number of benzene rings is 1. The number of aromatic nitrogens is 1. The van der Waals surface area contributed by atoms with Crippen molar-refractivity contribution in [3.8, 4) is 0 Å². The smallest absolute Gasteiger partial charge is 0.352 e. The van der Waals surface area contributed by atoms with E-state index in [9.17, 15) is 13.2 Å². The molecule has 1 aromatic carbocycles. The highest BCUT2D eigenvalue weighted by molar-refractivity contribution is 7.11. The topological polar surface area (TPSA) is 49.3 Å². The zero-order valence-corrected chi connectivity index (χ0v) is 14.5. The van der Waals surface area contributed by atoms with E-state index in [1.807, 2.05) is 13.8 Å². The van der Waals surface area contributed by atoms with Crippen LogP contribution >= 0.6 is 11.3 Å². The number of alkyl halides is 3. The summed E-state index contributed by atoms with van der Waals surface area (Å²) in [4.78, 5) is 9.54. The third kappa shape index (κ3) is 4.95. The van der Waals surface area contributed by atoms with E-state index in [-0.39, 0.29) is 6.54 Å². The zero-order valence-electron chi connectivity index (χ0n) is 13.7. The lowest BCUT2D eigenvalue weighted by molar-refractivity contribution is -0.137. The van der Waals surface area contributed by atoms with Crippen LogP contribution in [0.2, 0.25) is 0 Å². The van der Waals surface area contributed by atoms with Gasteiger partial charge < -0.3 is 10.6 Å². The Morgan fingerprint density at radius 3 is 2.50 bits per heavy atom. The average Bonchev–Trinajstić information content (AvgIpc) is 2.85. The first-order valence-corrected chi connectivity index (χ1v) is 8.15. The van der Waals surface area contributed by atoms with Crippen LogP contribution in [-0.2, 0) is 19.3 Å². The second-order valence-electron chi connectivity index (χ2n) is 5.22. The number of hydrogen-bond donors (Lipinski definition) is 2. The molecule has 0 saturated carbocycles. The molecule has 0 amide bonds. The van der Waals surface area contributed by atoms with Crippen LogP contribution in [0.15, 0.2) is 29.3 Å². The Bertz CT molecular complexity index is 722. The number of nitrogens with zero attached hydrogens (tertiary/aromatic N) is 2. The molecular formula is C16H19F3N4S. The SMILES string of the molecule is CN=C(NCc1cccc(C(F)(F)F)c1)NCc1sc(C)nc1C. The summed E-state index contributed by atoms with van der Waals surface area (Å²) in [6, 6.07) is 5.24. The molecule has 0 saturated heterocycles. The van der Waals surface area contributed by atoms with E-state index < -0.39 is 11.7 Å². The van der Waals surface area contributed by atoms with Crippen molar-refractivity contribution in [1.82, 2.24) is 15.6 Å². The zero-order chi connectivity index (χ0) is 17.7. The van der Waals surface area contributed by atoms with Gasteiger partial charge >= 0.3 is 6.18 Å². The van der Waals surface area contributed by atoms with E-state index >= 15 is 0 Å². The maximum Gasteiger partial charge on any atom is 0.416 e. The molecule has 1 aromatic heterocycles. The molecule has 2 N–H and O–H groups in total. The summed E-state index contributed by atoms with van der Waals surface area (Å²) in [6.45, 7) is 4.71. The number of halogens is 3. The lowest BCUT2D eigenvalue weighted by atomic mass is 10.1. The summed E-state index contributed by atoms with van der Waals surface area (Å²) in [7, 11) is 1.62. The van der Waals surface area contributed by atoms with E-state index in [2.05, 4.69) is 20.6 Å². The van der Waals surface area contributed by atoms with Crippen molar-refractivity contribution in [3.63, 3.8) is 0 Å². The van der Waals surface area contributed by atoms with Gasteiger partial charge in [0.15, 0.2) is 5.96 Å². The molecular weight excluding hydrogens is 337 g/mol. The fourth-order valence-electron chi connectivity index (χ4n) is 2.17. The third-order valence-electron chi connectivity index (χ3n) is 3.35. The molecule has 0 aliphatic rings. The summed E-state index contributed by atoms with van der Waals surface area (Å²) >= 11 is 1.60. The molecule has 1 heterocycles. The van der Waals surface area contributed by atoms with Crippen molar-refractivity contribution < 1.29 is 13.2 Å². The lowest BCUT2D eigenvalue weighted by Crippen LogP contribution is -2.36. The molecule has 0 bridgehead atoms. The van der Waals surface area contributed by atoms with E-state index in [0.29, 0.717) is 18.1 Å². The normalized spacial score (nSPS) is 12.3. The fraction of sp³-hybridized carbons (Fsp3) is 0.375. The van der Waals surface area contributed by atoms with E-state index in [0.717, 1.165) is 27.7 Å². The largest absolute Gasteiger partial charge is 0.416 e. The summed E-state index contributed by atoms with van der Waals surface area (Å²) in [5, 5.41) is 7.16. The van der Waals surface area contributed by atoms with Crippen molar-refractivity contribution >= 4 is 17.3 Å². The van der Waals surface area contributed by atoms with Gasteiger partial charge in [0.05, 0.1) is 22.8 Å². The molecule has 0 fully saturated rings. The fourth-order valence-corrected chi connectivity index (χ4v) is 3.04. The molecule has 0 atom stereocenters. The minimum absolute atomic E-state index is 0.254. The predicted molar refractivity (Wildman–Crippen MR) is 90.1 cm³/mol. The first-order chi connectivity index (χ1) is 11.3. The molecule has 24 heavy (non-hydrogen) atoms. The van der Waals surface area contributed by atoms with Crippen molar-refractivity contribution in [2.24, 2.45) is 4.99 Å². The lowest BCUT2D eigenvalue weighted by Gasteiger charge is -2.13. The van der Waals surface area contributed by atoms with E-state index in [1.165, 1.54) is 6.07 Å². The molecule has 0 aliphatic heterocycles. The maximum atomic E-state index is 12.7. The summed E-state index contributed by atoms with van der Waals surface area (Å²) in [6.07, 6.45) is -4.34. The second kappa shape index (κ2) is 7.65. The van der Waals surface area contributed by atoms with Gasteiger partial charge in [-0.2, -0.15) is 13.2 Å². The van der Waals surface area contributed by atoms with Crippen LogP contribution in [0.25, 0.3) is 0 Å². The summed E-state index contributed by atoms with van der Waals surface area (Å²) in [5.74, 6) is 0.526. The number of aliphatic imine (C=N–C) groups is 1. The number of aryl methyl sites for hydroxylation is 2. The Morgan fingerprint density at radius 1 is 1.21 bits per heavy atom. The Labute approximate surface area is 142 Å². The van der Waals surface area contributed by atoms with Gasteiger partial charge in [-0.1, -0.05) is 12.1 Å². The van der Waals surface area contributed by atoms with Gasteiger partial charge in [-0.05, 0) is 31.5 Å². The van der Waals surface area contributed by atoms with Gasteiger partial charge in [0.1, 0.15) is 0 Å². The van der Waals surface area contributed by atoms with Crippen LogP contribution in [0.1, 0.15) is 26.7 Å². The van der Waals surface area contributed by atoms with Crippen LogP contribution in [0.4, 0.5) is 13.2 Å². The molecule has 2 aromatic rings. The number of nitrogens with one attached hydrogen (secondary N) is 2. The van der Waals surface area contributed by atoms with Crippen LogP contribution < -0.4 is 10.6 Å². The minimum Gasteiger partial charge on any atom is -0.352 e. The van der Waals surface area contributed by atoms with E-state index in [1.54, 1.807) is 24.5 Å². The molecule has 4 nitrogen and oxygen atoms in total. The molecule has 0 spiro atoms. The second-order valence-corrected chi connectivity index (χ2v) is 6.51. The molecule has 0 radical (unpaired) electrons. The summed E-state index contributed by atoms with van der Waals surface area (Å²) in [5.41, 5.74) is 0.858. The Hall–Kier alpha value is -2.09. The van der Waals surface area contributed by atoms with Gasteiger partial charge in [-0.15, -0.1) is 11.3 Å². The number of rotatable bonds is 4. The molecule has 0 aliphatic carbocycles. The average molecular weight is 356 g/mol. The van der Waals surface area contributed by atoms with Gasteiger partial charge in [0, 0.05) is 18.5 Å². The molecule has 130 valence electrons. The van der Waals surface area contributed by atoms with Gasteiger partial charge in [0.2, 0.25) is 0 Å². The number of thiazole rings is 1. The predicted octanol–water partition coefficient (Wildman–Crippen LogP) is 3.64. The van der Waals surface area contributed by atoms with Crippen molar-refractivity contribution in [1.29, 1.82) is 0 Å². The highest BCUT2D eigenvalue weighted by Crippen LogP contribution is 2.29. The Kier molecular flexibility index (Phi) is 5.82. The number of hydrogen-bond acceptors (Lipinski definition) is 3. The Balaban J connectivity index is 1.93. The highest BCUT2D eigenvalue weighted by atomic mass is 32.1. The minimum atomic E-state index is -4.34. The van der Waals surface area contributed by atoms with Crippen LogP contribution in [-0.4, -0.2) is 18.0 Å². The van der Waals surface area contributed by atoms with Crippen molar-refractivity contribution in [3.05, 3.63) is 51.0 Å². The van der Waals surface area contributed by atoms with Crippen LogP contribution in [0, 0.1) is 13.8 Å². The molecule has 2 rings (SSSR count). The van der Waals surface area contributed by atoms with Gasteiger partial charge in [-0.25, -0.2) is 4.98 Å². The summed E-state index contributed by atoms with van der Waals surface area (Å²) < 4.78 is 38.2. The Morgan fingerprint density at radius 2 is 1.92 bits per heavy atom. The quantitative estimate of drug-likeness (QED) is 0.649. The van der Waals surface area contributed by atoms with Gasteiger partial charge in [-0.3, -0.25) is 4.99 Å². The van der Waals surface area contributed by atoms with Crippen molar-refractivity contribution in [2.45, 2.75) is 33.1 Å². The molecule has 0 unspecified atom stereocenters. The highest BCUT2D eigenvalue weighted by Gasteiger charge is 2.30. The first kappa shape index (κ1) is 18.3. The monoisotopic (exact) mass is 356 g/mol. The van der Waals surface area contributed by atoms with Crippen molar-refractivity contribution in [2.75, 3.05) is 7.05 Å². The standard InChI is InChI=1S/C16H19F3N4S/c1-10-14(24-11(2)23-10)9-22-15(20-3)21-8-12-5-4-6-13(7-12)16(17,18)19/h4-7H,8-9H2,1-3H3,(H2,20,21,22). The van der Waals surface area contributed by atoms with E-state index in [4.69, 9.17) is 0 Å². The molecule has 8 heteroatoms. The van der Waals surface area contributed by atoms with Crippen LogP contribution in [0.5, 0.6) is 0 Å². The van der Waals surface area contributed by atoms with Crippen LogP contribution in [0.3, 0.4) is 0 Å². The van der Waals surface area contributed by atoms with Gasteiger partial charge in [0.25, 0.3) is 0 Å². The maximum absolute atomic E-state index is 12.7. The first-order valence-electron chi connectivity index (χ1n) is 7.33. The third-order valence-corrected chi connectivity index (χ3v) is 4.43.